The maximum Gasteiger partial charge on any atom is 0.131 e. The van der Waals surface area contributed by atoms with E-state index in [4.69, 9.17) is 0 Å². The molecule has 0 saturated heterocycles. The first-order chi connectivity index (χ1) is 8.31. The second kappa shape index (κ2) is 3.90. The summed E-state index contributed by atoms with van der Waals surface area (Å²) < 4.78 is 1.75. The molecule has 0 radical (unpaired) electrons. The van der Waals surface area contributed by atoms with Crippen LogP contribution in [-0.2, 0) is 7.05 Å². The predicted molar refractivity (Wildman–Crippen MR) is 68.2 cm³/mol. The van der Waals surface area contributed by atoms with Crippen LogP contribution in [-0.4, -0.2) is 14.8 Å². The minimum absolute atomic E-state index is 0.830. The molecule has 4 heteroatoms. The molecular formula is C13H12N4. The number of hydrogen-bond acceptors (Lipinski definition) is 3. The van der Waals surface area contributed by atoms with E-state index in [-0.39, 0.29) is 0 Å². The lowest BCUT2D eigenvalue weighted by Gasteiger charge is -2.03. The van der Waals surface area contributed by atoms with Gasteiger partial charge in [0.15, 0.2) is 0 Å². The number of fused-ring (bicyclic) bond motifs is 1. The van der Waals surface area contributed by atoms with Gasteiger partial charge in [-0.2, -0.15) is 5.10 Å². The second-order valence-electron chi connectivity index (χ2n) is 3.92. The third-order valence-corrected chi connectivity index (χ3v) is 2.58. The quantitative estimate of drug-likeness (QED) is 0.727. The number of pyridine rings is 1. The molecule has 0 aliphatic rings. The van der Waals surface area contributed by atoms with E-state index in [0.29, 0.717) is 0 Å². The van der Waals surface area contributed by atoms with Crippen molar-refractivity contribution in [2.75, 3.05) is 5.32 Å². The zero-order valence-electron chi connectivity index (χ0n) is 9.46. The van der Waals surface area contributed by atoms with Crippen LogP contribution in [0.25, 0.3) is 10.9 Å². The number of para-hydroxylation sites is 1. The van der Waals surface area contributed by atoms with E-state index in [1.807, 2.05) is 37.5 Å². The minimum Gasteiger partial charge on any atom is -0.338 e. The SMILES string of the molecule is Cn1cc(Nc2ccc3ccccc3n2)cn1. The van der Waals surface area contributed by atoms with Gasteiger partial charge in [-0.15, -0.1) is 0 Å². The fourth-order valence-corrected chi connectivity index (χ4v) is 1.77. The third-order valence-electron chi connectivity index (χ3n) is 2.58. The van der Waals surface area contributed by atoms with Gasteiger partial charge in [0.25, 0.3) is 0 Å². The van der Waals surface area contributed by atoms with Crippen molar-refractivity contribution >= 4 is 22.4 Å². The predicted octanol–water partition coefficient (Wildman–Crippen LogP) is 2.71. The molecule has 0 bridgehead atoms. The lowest BCUT2D eigenvalue weighted by atomic mass is 10.2. The normalized spacial score (nSPS) is 10.6. The molecule has 0 aliphatic heterocycles. The molecule has 0 atom stereocenters. The van der Waals surface area contributed by atoms with E-state index in [2.05, 4.69) is 27.5 Å². The van der Waals surface area contributed by atoms with Crippen molar-refractivity contribution in [1.29, 1.82) is 0 Å². The van der Waals surface area contributed by atoms with Gasteiger partial charge in [-0.3, -0.25) is 4.68 Å². The molecule has 3 rings (SSSR count). The summed E-state index contributed by atoms with van der Waals surface area (Å²) in [5, 5.41) is 8.47. The number of rotatable bonds is 2. The van der Waals surface area contributed by atoms with E-state index < -0.39 is 0 Å². The molecule has 0 unspecified atom stereocenters. The minimum atomic E-state index is 0.830. The van der Waals surface area contributed by atoms with Crippen molar-refractivity contribution in [3.63, 3.8) is 0 Å². The van der Waals surface area contributed by atoms with E-state index >= 15 is 0 Å². The lowest BCUT2D eigenvalue weighted by molar-refractivity contribution is 0.768. The van der Waals surface area contributed by atoms with Gasteiger partial charge in [0.2, 0.25) is 0 Å². The standard InChI is InChI=1S/C13H12N4/c1-17-9-11(8-14-17)15-13-7-6-10-4-2-3-5-12(10)16-13/h2-9H,1H3,(H,15,16). The molecule has 1 N–H and O–H groups in total. The second-order valence-corrected chi connectivity index (χ2v) is 3.92. The Labute approximate surface area is 98.9 Å². The van der Waals surface area contributed by atoms with Crippen LogP contribution in [0.1, 0.15) is 0 Å². The van der Waals surface area contributed by atoms with Crippen LogP contribution in [0.5, 0.6) is 0 Å². The number of nitrogens with one attached hydrogen (secondary N) is 1. The Hall–Kier alpha value is -2.36. The summed E-state index contributed by atoms with van der Waals surface area (Å²) >= 11 is 0. The summed E-state index contributed by atoms with van der Waals surface area (Å²) in [4.78, 5) is 4.53. The largest absolute Gasteiger partial charge is 0.338 e. The van der Waals surface area contributed by atoms with Crippen LogP contribution in [0.4, 0.5) is 11.5 Å². The van der Waals surface area contributed by atoms with Gasteiger partial charge in [-0.1, -0.05) is 18.2 Å². The molecule has 2 aromatic heterocycles. The molecule has 84 valence electrons. The summed E-state index contributed by atoms with van der Waals surface area (Å²) in [6, 6.07) is 12.1. The van der Waals surface area contributed by atoms with Gasteiger partial charge in [-0.25, -0.2) is 4.98 Å². The summed E-state index contributed by atoms with van der Waals surface area (Å²) in [5.74, 6) is 0.830. The Morgan fingerprint density at radius 2 is 2.00 bits per heavy atom. The van der Waals surface area contributed by atoms with Gasteiger partial charge >= 0.3 is 0 Å². The highest BCUT2D eigenvalue weighted by molar-refractivity contribution is 5.80. The van der Waals surface area contributed by atoms with Crippen molar-refractivity contribution in [3.8, 4) is 0 Å². The molecule has 2 heterocycles. The van der Waals surface area contributed by atoms with E-state index in [0.717, 1.165) is 22.4 Å². The Morgan fingerprint density at radius 1 is 1.12 bits per heavy atom. The summed E-state index contributed by atoms with van der Waals surface area (Å²) in [7, 11) is 1.89. The Morgan fingerprint density at radius 3 is 2.82 bits per heavy atom. The third kappa shape index (κ3) is 1.97. The Kier molecular flexibility index (Phi) is 2.26. The Balaban J connectivity index is 1.95. The van der Waals surface area contributed by atoms with Crippen LogP contribution < -0.4 is 5.32 Å². The fraction of sp³-hybridized carbons (Fsp3) is 0.0769. The van der Waals surface area contributed by atoms with Crippen molar-refractivity contribution in [3.05, 3.63) is 48.8 Å². The lowest BCUT2D eigenvalue weighted by Crippen LogP contribution is -1.92. The van der Waals surface area contributed by atoms with Crippen LogP contribution in [0.3, 0.4) is 0 Å². The summed E-state index contributed by atoms with van der Waals surface area (Å²) in [6.07, 6.45) is 3.69. The van der Waals surface area contributed by atoms with Gasteiger partial charge in [0.1, 0.15) is 5.82 Å². The molecule has 0 amide bonds. The molecule has 4 nitrogen and oxygen atoms in total. The number of aryl methyl sites for hydroxylation is 1. The van der Waals surface area contributed by atoms with Crippen molar-refractivity contribution in [2.24, 2.45) is 7.05 Å². The molecule has 0 saturated carbocycles. The molecule has 0 spiro atoms. The van der Waals surface area contributed by atoms with Crippen molar-refractivity contribution in [1.82, 2.24) is 14.8 Å². The molecule has 1 aromatic carbocycles. The first-order valence-corrected chi connectivity index (χ1v) is 5.43. The van der Waals surface area contributed by atoms with Gasteiger partial charge in [0, 0.05) is 18.6 Å². The van der Waals surface area contributed by atoms with E-state index in [1.165, 1.54) is 0 Å². The van der Waals surface area contributed by atoms with Gasteiger partial charge in [0.05, 0.1) is 17.4 Å². The first-order valence-electron chi connectivity index (χ1n) is 5.43. The number of nitrogens with zero attached hydrogens (tertiary/aromatic N) is 3. The van der Waals surface area contributed by atoms with Gasteiger partial charge in [-0.05, 0) is 18.2 Å². The van der Waals surface area contributed by atoms with Gasteiger partial charge < -0.3 is 5.32 Å². The highest BCUT2D eigenvalue weighted by Gasteiger charge is 1.99. The van der Waals surface area contributed by atoms with E-state index in [1.54, 1.807) is 10.9 Å². The zero-order valence-corrected chi connectivity index (χ0v) is 9.46. The van der Waals surface area contributed by atoms with Crippen molar-refractivity contribution < 1.29 is 0 Å². The summed E-state index contributed by atoms with van der Waals surface area (Å²) in [6.45, 7) is 0. The molecule has 0 aliphatic carbocycles. The number of aromatic nitrogens is 3. The zero-order chi connectivity index (χ0) is 11.7. The Bertz CT molecular complexity index is 657. The highest BCUT2D eigenvalue weighted by Crippen LogP contribution is 2.17. The van der Waals surface area contributed by atoms with Crippen LogP contribution in [0.2, 0.25) is 0 Å². The fourth-order valence-electron chi connectivity index (χ4n) is 1.77. The van der Waals surface area contributed by atoms with Crippen LogP contribution in [0, 0.1) is 0 Å². The topological polar surface area (TPSA) is 42.7 Å². The number of anilines is 2. The molecule has 0 fully saturated rings. The van der Waals surface area contributed by atoms with E-state index in [9.17, 15) is 0 Å². The van der Waals surface area contributed by atoms with Crippen molar-refractivity contribution in [2.45, 2.75) is 0 Å². The maximum atomic E-state index is 4.53. The average Bonchev–Trinajstić information content (AvgIpc) is 2.75. The highest BCUT2D eigenvalue weighted by atomic mass is 15.3. The monoisotopic (exact) mass is 224 g/mol. The molecule has 17 heavy (non-hydrogen) atoms. The first kappa shape index (κ1) is 9.84. The number of hydrogen-bond donors (Lipinski definition) is 1. The number of benzene rings is 1. The average molecular weight is 224 g/mol. The molecule has 3 aromatic rings. The smallest absolute Gasteiger partial charge is 0.131 e. The molecular weight excluding hydrogens is 212 g/mol. The summed E-state index contributed by atoms with van der Waals surface area (Å²) in [5.41, 5.74) is 1.93. The maximum absolute atomic E-state index is 4.53. The van der Waals surface area contributed by atoms with Crippen LogP contribution in [0.15, 0.2) is 48.8 Å². The van der Waals surface area contributed by atoms with Crippen LogP contribution >= 0.6 is 0 Å².